The Balaban J connectivity index is 1.68. The molecule has 3 heteroatoms. The maximum Gasteiger partial charge on any atom is 0.251 e. The van der Waals surface area contributed by atoms with Gasteiger partial charge in [-0.15, -0.1) is 0 Å². The number of amides is 1. The van der Waals surface area contributed by atoms with E-state index in [2.05, 4.69) is 16.4 Å². The molecule has 1 aromatic carbocycles. The number of nitrogens with zero attached hydrogens (tertiary/aromatic N) is 1. The average molecular weight is 266 g/mol. The van der Waals surface area contributed by atoms with E-state index in [4.69, 9.17) is 0 Å². The fraction of sp³-hybridized carbons (Fsp3) is 0.294. The SMILES string of the molecule is O=C(NCc1ccccn1)c1ccc2c(c1)CCCC2. The average Bonchev–Trinajstić information content (AvgIpc) is 2.53. The van der Waals surface area contributed by atoms with Gasteiger partial charge in [0.15, 0.2) is 0 Å². The number of aromatic nitrogens is 1. The van der Waals surface area contributed by atoms with Gasteiger partial charge in [0, 0.05) is 11.8 Å². The molecule has 1 heterocycles. The number of carbonyl (C=O) groups is 1. The van der Waals surface area contributed by atoms with Crippen LogP contribution >= 0.6 is 0 Å². The van der Waals surface area contributed by atoms with Gasteiger partial charge in [-0.25, -0.2) is 0 Å². The molecule has 0 saturated heterocycles. The molecule has 0 aliphatic heterocycles. The van der Waals surface area contributed by atoms with Crippen molar-refractivity contribution in [2.24, 2.45) is 0 Å². The van der Waals surface area contributed by atoms with Crippen LogP contribution < -0.4 is 5.32 Å². The van der Waals surface area contributed by atoms with E-state index < -0.39 is 0 Å². The molecule has 0 bridgehead atoms. The zero-order chi connectivity index (χ0) is 13.8. The minimum absolute atomic E-state index is 0.0240. The van der Waals surface area contributed by atoms with E-state index in [1.165, 1.54) is 24.0 Å². The second-order valence-electron chi connectivity index (χ2n) is 5.19. The summed E-state index contributed by atoms with van der Waals surface area (Å²) >= 11 is 0. The fourth-order valence-corrected chi connectivity index (χ4v) is 2.65. The van der Waals surface area contributed by atoms with Crippen molar-refractivity contribution >= 4 is 5.91 Å². The molecule has 1 amide bonds. The van der Waals surface area contributed by atoms with Crippen molar-refractivity contribution in [2.45, 2.75) is 32.2 Å². The Morgan fingerprint density at radius 2 is 1.95 bits per heavy atom. The van der Waals surface area contributed by atoms with E-state index in [-0.39, 0.29) is 5.91 Å². The van der Waals surface area contributed by atoms with Crippen molar-refractivity contribution in [1.29, 1.82) is 0 Å². The molecule has 0 fully saturated rings. The van der Waals surface area contributed by atoms with Gasteiger partial charge in [0.2, 0.25) is 0 Å². The lowest BCUT2D eigenvalue weighted by Crippen LogP contribution is -2.23. The van der Waals surface area contributed by atoms with Gasteiger partial charge in [0.25, 0.3) is 5.91 Å². The number of benzene rings is 1. The molecule has 3 rings (SSSR count). The van der Waals surface area contributed by atoms with Crippen LogP contribution in [0.5, 0.6) is 0 Å². The summed E-state index contributed by atoms with van der Waals surface area (Å²) in [5, 5.41) is 2.92. The predicted octanol–water partition coefficient (Wildman–Crippen LogP) is 2.89. The Bertz CT molecular complexity index is 608. The van der Waals surface area contributed by atoms with Gasteiger partial charge in [-0.3, -0.25) is 9.78 Å². The molecule has 0 saturated carbocycles. The predicted molar refractivity (Wildman–Crippen MR) is 78.5 cm³/mol. The van der Waals surface area contributed by atoms with Crippen LogP contribution in [0.15, 0.2) is 42.6 Å². The van der Waals surface area contributed by atoms with Crippen LogP contribution in [0.25, 0.3) is 0 Å². The summed E-state index contributed by atoms with van der Waals surface area (Å²) in [6.07, 6.45) is 6.46. The lowest BCUT2D eigenvalue weighted by molar-refractivity contribution is 0.0950. The molecule has 0 unspecified atom stereocenters. The first kappa shape index (κ1) is 12.9. The van der Waals surface area contributed by atoms with E-state index in [1.54, 1.807) is 6.20 Å². The third-order valence-corrected chi connectivity index (χ3v) is 3.77. The minimum atomic E-state index is -0.0240. The molecular formula is C17H18N2O. The maximum atomic E-state index is 12.2. The van der Waals surface area contributed by atoms with E-state index >= 15 is 0 Å². The topological polar surface area (TPSA) is 42.0 Å². The number of rotatable bonds is 3. The number of hydrogen-bond acceptors (Lipinski definition) is 2. The lowest BCUT2D eigenvalue weighted by Gasteiger charge is -2.16. The van der Waals surface area contributed by atoms with Gasteiger partial charge in [-0.05, 0) is 61.1 Å². The van der Waals surface area contributed by atoms with Crippen LogP contribution in [0.4, 0.5) is 0 Å². The highest BCUT2D eigenvalue weighted by molar-refractivity contribution is 5.94. The van der Waals surface area contributed by atoms with Crippen LogP contribution in [0.3, 0.4) is 0 Å². The van der Waals surface area contributed by atoms with Crippen molar-refractivity contribution in [2.75, 3.05) is 0 Å². The standard InChI is InChI=1S/C17H18N2O/c20-17(19-12-16-7-3-4-10-18-16)15-9-8-13-5-1-2-6-14(13)11-15/h3-4,7-11H,1-2,5-6,12H2,(H,19,20). The van der Waals surface area contributed by atoms with E-state index in [9.17, 15) is 4.79 Å². The first-order chi connectivity index (χ1) is 9.83. The fourth-order valence-electron chi connectivity index (χ4n) is 2.65. The quantitative estimate of drug-likeness (QED) is 0.928. The summed E-state index contributed by atoms with van der Waals surface area (Å²) in [5.74, 6) is -0.0240. The smallest absolute Gasteiger partial charge is 0.251 e. The second kappa shape index (κ2) is 5.87. The van der Waals surface area contributed by atoms with Gasteiger partial charge in [0.05, 0.1) is 12.2 Å². The molecule has 2 aromatic rings. The van der Waals surface area contributed by atoms with Crippen LogP contribution in [0, 0.1) is 0 Å². The molecule has 1 aromatic heterocycles. The third kappa shape index (κ3) is 2.87. The van der Waals surface area contributed by atoms with Crippen LogP contribution in [-0.4, -0.2) is 10.9 Å². The zero-order valence-corrected chi connectivity index (χ0v) is 11.4. The molecule has 102 valence electrons. The van der Waals surface area contributed by atoms with Crippen LogP contribution in [0.1, 0.15) is 40.0 Å². The summed E-state index contributed by atoms with van der Waals surface area (Å²) in [7, 11) is 0. The number of pyridine rings is 1. The van der Waals surface area contributed by atoms with Gasteiger partial charge < -0.3 is 5.32 Å². The summed E-state index contributed by atoms with van der Waals surface area (Å²) < 4.78 is 0. The van der Waals surface area contributed by atoms with Crippen molar-refractivity contribution in [3.8, 4) is 0 Å². The van der Waals surface area contributed by atoms with Gasteiger partial charge in [-0.2, -0.15) is 0 Å². The highest BCUT2D eigenvalue weighted by Crippen LogP contribution is 2.22. The maximum absolute atomic E-state index is 12.2. The molecule has 1 aliphatic carbocycles. The molecule has 0 radical (unpaired) electrons. The van der Waals surface area contributed by atoms with Gasteiger partial charge in [-0.1, -0.05) is 12.1 Å². The molecule has 3 nitrogen and oxygen atoms in total. The number of nitrogens with one attached hydrogen (secondary N) is 1. The number of carbonyl (C=O) groups excluding carboxylic acids is 1. The molecule has 20 heavy (non-hydrogen) atoms. The summed E-state index contributed by atoms with van der Waals surface area (Å²) in [6.45, 7) is 0.469. The van der Waals surface area contributed by atoms with Crippen molar-refractivity contribution in [3.05, 3.63) is 65.0 Å². The Hall–Kier alpha value is -2.16. The summed E-state index contributed by atoms with van der Waals surface area (Å²) in [6, 6.07) is 11.8. The summed E-state index contributed by atoms with van der Waals surface area (Å²) in [4.78, 5) is 16.4. The van der Waals surface area contributed by atoms with Gasteiger partial charge >= 0.3 is 0 Å². The number of aryl methyl sites for hydroxylation is 2. The number of hydrogen-bond donors (Lipinski definition) is 1. The third-order valence-electron chi connectivity index (χ3n) is 3.77. The second-order valence-corrected chi connectivity index (χ2v) is 5.19. The molecule has 1 N–H and O–H groups in total. The zero-order valence-electron chi connectivity index (χ0n) is 11.4. The van der Waals surface area contributed by atoms with Gasteiger partial charge in [0.1, 0.15) is 0 Å². The largest absolute Gasteiger partial charge is 0.346 e. The Kier molecular flexibility index (Phi) is 3.77. The van der Waals surface area contributed by atoms with Crippen LogP contribution in [-0.2, 0) is 19.4 Å². The first-order valence-electron chi connectivity index (χ1n) is 7.13. The monoisotopic (exact) mass is 266 g/mol. The molecule has 0 atom stereocenters. The van der Waals surface area contributed by atoms with E-state index in [1.807, 2.05) is 30.3 Å². The Labute approximate surface area is 119 Å². The van der Waals surface area contributed by atoms with Crippen LogP contribution in [0.2, 0.25) is 0 Å². The Morgan fingerprint density at radius 3 is 2.75 bits per heavy atom. The normalized spacial score (nSPS) is 13.6. The van der Waals surface area contributed by atoms with Crippen molar-refractivity contribution in [1.82, 2.24) is 10.3 Å². The van der Waals surface area contributed by atoms with E-state index in [0.29, 0.717) is 6.54 Å². The molecular weight excluding hydrogens is 248 g/mol. The van der Waals surface area contributed by atoms with Crippen molar-refractivity contribution < 1.29 is 4.79 Å². The molecule has 1 aliphatic rings. The first-order valence-corrected chi connectivity index (χ1v) is 7.13. The highest BCUT2D eigenvalue weighted by atomic mass is 16.1. The Morgan fingerprint density at radius 1 is 1.10 bits per heavy atom. The summed E-state index contributed by atoms with van der Waals surface area (Å²) in [5.41, 5.74) is 4.36. The minimum Gasteiger partial charge on any atom is -0.346 e. The number of fused-ring (bicyclic) bond motifs is 1. The van der Waals surface area contributed by atoms with E-state index in [0.717, 1.165) is 24.1 Å². The van der Waals surface area contributed by atoms with Crippen molar-refractivity contribution in [3.63, 3.8) is 0 Å². The lowest BCUT2D eigenvalue weighted by atomic mass is 9.90. The highest BCUT2D eigenvalue weighted by Gasteiger charge is 2.12. The molecule has 0 spiro atoms.